The summed E-state index contributed by atoms with van der Waals surface area (Å²) in [6, 6.07) is 49.5. The fraction of sp³-hybridized carbons (Fsp3) is 0. The van der Waals surface area contributed by atoms with Gasteiger partial charge in [-0.05, 0) is 117 Å². The van der Waals surface area contributed by atoms with Gasteiger partial charge in [-0.3, -0.25) is 19.9 Å². The van der Waals surface area contributed by atoms with Crippen LogP contribution in [0.5, 0.6) is 0 Å². The molecule has 0 aliphatic carbocycles. The highest BCUT2D eigenvalue weighted by Gasteiger charge is 2.20. The van der Waals surface area contributed by atoms with Crippen molar-refractivity contribution in [1.29, 1.82) is 0 Å². The number of benzene rings is 3. The van der Waals surface area contributed by atoms with E-state index in [1.54, 1.807) is 24.8 Å². The van der Waals surface area contributed by atoms with E-state index in [0.29, 0.717) is 0 Å². The zero-order chi connectivity index (χ0) is 33.3. The third kappa shape index (κ3) is 5.35. The van der Waals surface area contributed by atoms with Gasteiger partial charge < -0.3 is 0 Å². The molecule has 0 spiro atoms. The highest BCUT2D eigenvalue weighted by molar-refractivity contribution is 6.21. The van der Waals surface area contributed by atoms with Crippen LogP contribution in [0.25, 0.3) is 89.4 Å². The molecular weight excluding hydrogens is 613 g/mol. The molecule has 234 valence electrons. The Kier molecular flexibility index (Phi) is 7.37. The molecule has 6 aromatic heterocycles. The molecule has 0 saturated heterocycles. The Morgan fingerprint density at radius 1 is 0.260 bits per heavy atom. The molecule has 0 fully saturated rings. The third-order valence-corrected chi connectivity index (χ3v) is 8.87. The number of aromatic nitrogens is 6. The summed E-state index contributed by atoms with van der Waals surface area (Å²) in [5.41, 5.74) is 10.7. The second-order valence-electron chi connectivity index (χ2n) is 12.0. The van der Waals surface area contributed by atoms with Crippen LogP contribution in [0.3, 0.4) is 0 Å². The van der Waals surface area contributed by atoms with E-state index in [1.165, 1.54) is 0 Å². The van der Waals surface area contributed by atoms with Crippen LogP contribution in [0, 0.1) is 0 Å². The lowest BCUT2D eigenvalue weighted by atomic mass is 9.85. The van der Waals surface area contributed by atoms with Gasteiger partial charge in [-0.2, -0.15) is 0 Å². The molecule has 0 aliphatic heterocycles. The monoisotopic (exact) mass is 640 g/mol. The SMILES string of the molecule is c1ccc(-c2cc(-c3c4ccccc4c(-c4cc(-c5ccccn5)nc(-c5ccccn5)c4)c4ccccc34)cc(-c3ccccn3)n2)nc1. The van der Waals surface area contributed by atoms with Gasteiger partial charge in [-0.15, -0.1) is 0 Å². The lowest BCUT2D eigenvalue weighted by Gasteiger charge is -2.19. The summed E-state index contributed by atoms with van der Waals surface area (Å²) in [4.78, 5) is 28.8. The standard InChI is InChI=1S/C44H28N6/c1-2-14-32-31(13-1)43(29-25-39(35-17-5-9-21-45-35)49-40(26-29)36-18-6-10-22-46-36)33-15-3-4-16-34(33)44(32)30-27-41(37-19-7-11-23-47-37)50-42(28-30)38-20-8-12-24-48-38/h1-28H. The molecule has 0 bridgehead atoms. The Labute approximate surface area is 288 Å². The maximum atomic E-state index is 5.06. The van der Waals surface area contributed by atoms with Gasteiger partial charge in [0.2, 0.25) is 0 Å². The minimum Gasteiger partial charge on any atom is -0.255 e. The number of hydrogen-bond acceptors (Lipinski definition) is 6. The van der Waals surface area contributed by atoms with Gasteiger partial charge in [0, 0.05) is 24.8 Å². The fourth-order valence-corrected chi connectivity index (χ4v) is 6.68. The van der Waals surface area contributed by atoms with Crippen molar-refractivity contribution in [3.05, 3.63) is 170 Å². The van der Waals surface area contributed by atoms with E-state index in [2.05, 4.69) is 92.7 Å². The van der Waals surface area contributed by atoms with Crippen molar-refractivity contribution < 1.29 is 0 Å². The van der Waals surface area contributed by atoms with E-state index in [-0.39, 0.29) is 0 Å². The first-order chi connectivity index (χ1) is 24.8. The molecular formula is C44H28N6. The van der Waals surface area contributed by atoms with E-state index < -0.39 is 0 Å². The van der Waals surface area contributed by atoms with Crippen LogP contribution in [0.15, 0.2) is 170 Å². The second kappa shape index (κ2) is 12.6. The van der Waals surface area contributed by atoms with E-state index >= 15 is 0 Å². The fourth-order valence-electron chi connectivity index (χ4n) is 6.68. The minimum atomic E-state index is 0.787. The predicted octanol–water partition coefficient (Wildman–Crippen LogP) is 10.4. The van der Waals surface area contributed by atoms with Gasteiger partial charge in [-0.1, -0.05) is 72.8 Å². The van der Waals surface area contributed by atoms with Gasteiger partial charge in [0.05, 0.1) is 45.6 Å². The molecule has 9 aromatic rings. The summed E-state index contributed by atoms with van der Waals surface area (Å²) in [5.74, 6) is 0. The number of rotatable bonds is 6. The van der Waals surface area contributed by atoms with Crippen LogP contribution in [-0.4, -0.2) is 29.9 Å². The number of fused-ring (bicyclic) bond motifs is 2. The number of hydrogen-bond donors (Lipinski definition) is 0. The topological polar surface area (TPSA) is 77.3 Å². The Balaban J connectivity index is 1.35. The molecule has 6 heteroatoms. The number of pyridine rings is 6. The number of nitrogens with zero attached hydrogens (tertiary/aromatic N) is 6. The zero-order valence-electron chi connectivity index (χ0n) is 26.8. The van der Waals surface area contributed by atoms with Gasteiger partial charge in [0.1, 0.15) is 0 Å². The first-order valence-corrected chi connectivity index (χ1v) is 16.4. The minimum absolute atomic E-state index is 0.787. The van der Waals surface area contributed by atoms with Crippen LogP contribution in [-0.2, 0) is 0 Å². The van der Waals surface area contributed by atoms with Crippen molar-refractivity contribution in [2.75, 3.05) is 0 Å². The van der Waals surface area contributed by atoms with Crippen LogP contribution >= 0.6 is 0 Å². The van der Waals surface area contributed by atoms with E-state index in [0.717, 1.165) is 89.4 Å². The highest BCUT2D eigenvalue weighted by atomic mass is 14.8. The van der Waals surface area contributed by atoms with Crippen molar-refractivity contribution in [2.24, 2.45) is 0 Å². The van der Waals surface area contributed by atoms with Crippen molar-refractivity contribution in [2.45, 2.75) is 0 Å². The molecule has 9 rings (SSSR count). The van der Waals surface area contributed by atoms with Gasteiger partial charge in [0.25, 0.3) is 0 Å². The maximum absolute atomic E-state index is 5.06. The Hall–Kier alpha value is -6.92. The lowest BCUT2D eigenvalue weighted by Crippen LogP contribution is -1.97. The molecule has 0 aliphatic rings. The smallest absolute Gasteiger partial charge is 0.0900 e. The second-order valence-corrected chi connectivity index (χ2v) is 12.0. The molecule has 0 saturated carbocycles. The van der Waals surface area contributed by atoms with Crippen LogP contribution < -0.4 is 0 Å². The third-order valence-electron chi connectivity index (χ3n) is 8.87. The average molecular weight is 641 g/mol. The molecule has 0 N–H and O–H groups in total. The first-order valence-electron chi connectivity index (χ1n) is 16.4. The molecule has 0 amide bonds. The summed E-state index contributed by atoms with van der Waals surface area (Å²) in [7, 11) is 0. The molecule has 3 aromatic carbocycles. The summed E-state index contributed by atoms with van der Waals surface area (Å²) in [5, 5.41) is 4.51. The van der Waals surface area contributed by atoms with Gasteiger partial charge in [0.15, 0.2) is 0 Å². The summed E-state index contributed by atoms with van der Waals surface area (Å²) < 4.78 is 0. The van der Waals surface area contributed by atoms with E-state index in [9.17, 15) is 0 Å². The quantitative estimate of drug-likeness (QED) is 0.168. The van der Waals surface area contributed by atoms with Crippen molar-refractivity contribution in [3.8, 4) is 67.8 Å². The van der Waals surface area contributed by atoms with Crippen LogP contribution in [0.2, 0.25) is 0 Å². The summed E-state index contributed by atoms with van der Waals surface area (Å²) in [6.07, 6.45) is 7.21. The Morgan fingerprint density at radius 2 is 0.520 bits per heavy atom. The van der Waals surface area contributed by atoms with Gasteiger partial charge >= 0.3 is 0 Å². The van der Waals surface area contributed by atoms with Crippen LogP contribution in [0.4, 0.5) is 0 Å². The molecule has 6 heterocycles. The van der Waals surface area contributed by atoms with E-state index in [4.69, 9.17) is 9.97 Å². The summed E-state index contributed by atoms with van der Waals surface area (Å²) >= 11 is 0. The molecule has 0 atom stereocenters. The Bertz CT molecular complexity index is 2270. The van der Waals surface area contributed by atoms with E-state index in [1.807, 2.05) is 72.8 Å². The van der Waals surface area contributed by atoms with Crippen molar-refractivity contribution in [3.63, 3.8) is 0 Å². The maximum Gasteiger partial charge on any atom is 0.0900 e. The average Bonchev–Trinajstić information content (AvgIpc) is 3.21. The largest absolute Gasteiger partial charge is 0.255 e. The molecule has 6 nitrogen and oxygen atoms in total. The lowest BCUT2D eigenvalue weighted by molar-refractivity contribution is 1.22. The van der Waals surface area contributed by atoms with Crippen molar-refractivity contribution >= 4 is 21.5 Å². The summed E-state index contributed by atoms with van der Waals surface area (Å²) in [6.45, 7) is 0. The zero-order valence-corrected chi connectivity index (χ0v) is 26.8. The molecule has 0 unspecified atom stereocenters. The normalized spacial score (nSPS) is 11.2. The predicted molar refractivity (Wildman–Crippen MR) is 201 cm³/mol. The Morgan fingerprint density at radius 3 is 0.760 bits per heavy atom. The molecule has 50 heavy (non-hydrogen) atoms. The van der Waals surface area contributed by atoms with Crippen molar-refractivity contribution in [1.82, 2.24) is 29.9 Å². The van der Waals surface area contributed by atoms with Crippen LogP contribution in [0.1, 0.15) is 0 Å². The van der Waals surface area contributed by atoms with Gasteiger partial charge in [-0.25, -0.2) is 9.97 Å². The molecule has 0 radical (unpaired) electrons. The highest BCUT2D eigenvalue weighted by Crippen LogP contribution is 2.45. The first kappa shape index (κ1) is 29.2.